The monoisotopic (exact) mass is 191 g/mol. The van der Waals surface area contributed by atoms with Crippen LogP contribution in [-0.4, -0.2) is 12.6 Å². The summed E-state index contributed by atoms with van der Waals surface area (Å²) in [5, 5.41) is 0. The van der Waals surface area contributed by atoms with Gasteiger partial charge in [0.1, 0.15) is 12.4 Å². The van der Waals surface area contributed by atoms with Crippen molar-refractivity contribution in [2.45, 2.75) is 32.2 Å². The molecule has 1 aromatic rings. The summed E-state index contributed by atoms with van der Waals surface area (Å²) in [7, 11) is 0. The minimum atomic E-state index is 0.100. The van der Waals surface area contributed by atoms with Gasteiger partial charge in [-0.15, -0.1) is 0 Å². The van der Waals surface area contributed by atoms with Gasteiger partial charge in [-0.3, -0.25) is 0 Å². The molecular formula is C12H17NO. The molecule has 0 amide bonds. The van der Waals surface area contributed by atoms with Gasteiger partial charge in [-0.1, -0.05) is 6.07 Å². The second-order valence-electron chi connectivity index (χ2n) is 4.07. The lowest BCUT2D eigenvalue weighted by molar-refractivity contribution is 0.296. The summed E-state index contributed by atoms with van der Waals surface area (Å²) < 4.78 is 5.57. The molecule has 0 aliphatic heterocycles. The lowest BCUT2D eigenvalue weighted by Gasteiger charge is -2.09. The number of rotatable bonds is 3. The van der Waals surface area contributed by atoms with Crippen LogP contribution in [-0.2, 0) is 12.8 Å². The molecule has 1 aliphatic carbocycles. The number of aryl methyl sites for hydroxylation is 2. The molecule has 2 N–H and O–H groups in total. The number of ether oxygens (including phenoxy) is 1. The third-order valence-electron chi connectivity index (χ3n) is 2.58. The van der Waals surface area contributed by atoms with E-state index in [1.165, 1.54) is 30.4 Å². The fourth-order valence-corrected chi connectivity index (χ4v) is 1.87. The van der Waals surface area contributed by atoms with Crippen LogP contribution in [0.1, 0.15) is 24.5 Å². The molecule has 0 spiro atoms. The minimum absolute atomic E-state index is 0.100. The maximum absolute atomic E-state index is 5.63. The number of hydrogen-bond donors (Lipinski definition) is 1. The number of fused-ring (bicyclic) bond motifs is 1. The fraction of sp³-hybridized carbons (Fsp3) is 0.500. The summed E-state index contributed by atoms with van der Waals surface area (Å²) in [6.07, 6.45) is 3.71. The standard InChI is InChI=1S/C12H17NO/c1-9(13)8-14-12-6-5-10-3-2-4-11(10)7-12/h5-7,9H,2-4,8,13H2,1H3. The molecule has 0 heterocycles. The van der Waals surface area contributed by atoms with Crippen LogP contribution in [0.2, 0.25) is 0 Å². The zero-order valence-electron chi connectivity index (χ0n) is 8.62. The van der Waals surface area contributed by atoms with Gasteiger partial charge in [0.2, 0.25) is 0 Å². The van der Waals surface area contributed by atoms with Crippen LogP contribution in [0.4, 0.5) is 0 Å². The lowest BCUT2D eigenvalue weighted by atomic mass is 10.1. The highest BCUT2D eigenvalue weighted by Crippen LogP contribution is 2.25. The van der Waals surface area contributed by atoms with Crippen molar-refractivity contribution in [3.05, 3.63) is 29.3 Å². The van der Waals surface area contributed by atoms with Gasteiger partial charge in [-0.05, 0) is 49.4 Å². The van der Waals surface area contributed by atoms with E-state index in [-0.39, 0.29) is 6.04 Å². The Morgan fingerprint density at radius 3 is 2.93 bits per heavy atom. The normalized spacial score (nSPS) is 16.4. The van der Waals surface area contributed by atoms with Gasteiger partial charge >= 0.3 is 0 Å². The van der Waals surface area contributed by atoms with E-state index in [0.29, 0.717) is 6.61 Å². The smallest absolute Gasteiger partial charge is 0.119 e. The summed E-state index contributed by atoms with van der Waals surface area (Å²) >= 11 is 0. The van der Waals surface area contributed by atoms with E-state index < -0.39 is 0 Å². The van der Waals surface area contributed by atoms with Crippen LogP contribution in [0.5, 0.6) is 5.75 Å². The molecule has 1 aliphatic rings. The Labute approximate surface area is 85.1 Å². The van der Waals surface area contributed by atoms with Crippen molar-refractivity contribution in [1.29, 1.82) is 0 Å². The zero-order chi connectivity index (χ0) is 9.97. The van der Waals surface area contributed by atoms with E-state index in [0.717, 1.165) is 5.75 Å². The van der Waals surface area contributed by atoms with Gasteiger partial charge in [0.05, 0.1) is 0 Å². The average molecular weight is 191 g/mol. The first kappa shape index (κ1) is 9.53. The van der Waals surface area contributed by atoms with E-state index >= 15 is 0 Å². The molecule has 0 saturated carbocycles. The summed E-state index contributed by atoms with van der Waals surface area (Å²) in [5.74, 6) is 0.961. The van der Waals surface area contributed by atoms with Gasteiger partial charge in [-0.25, -0.2) is 0 Å². The Morgan fingerprint density at radius 1 is 1.36 bits per heavy atom. The van der Waals surface area contributed by atoms with Crippen molar-refractivity contribution < 1.29 is 4.74 Å². The molecule has 2 nitrogen and oxygen atoms in total. The largest absolute Gasteiger partial charge is 0.492 e. The van der Waals surface area contributed by atoms with Crippen molar-refractivity contribution in [2.24, 2.45) is 5.73 Å². The average Bonchev–Trinajstić information content (AvgIpc) is 2.61. The van der Waals surface area contributed by atoms with Crippen molar-refractivity contribution in [3.8, 4) is 5.75 Å². The molecule has 0 fully saturated rings. The molecule has 0 saturated heterocycles. The molecule has 2 rings (SSSR count). The number of nitrogens with two attached hydrogens (primary N) is 1. The molecular weight excluding hydrogens is 174 g/mol. The molecule has 76 valence electrons. The second kappa shape index (κ2) is 4.01. The highest BCUT2D eigenvalue weighted by Gasteiger charge is 2.11. The highest BCUT2D eigenvalue weighted by atomic mass is 16.5. The van der Waals surface area contributed by atoms with Crippen LogP contribution >= 0.6 is 0 Å². The first-order valence-corrected chi connectivity index (χ1v) is 5.26. The minimum Gasteiger partial charge on any atom is -0.492 e. The van der Waals surface area contributed by atoms with Gasteiger partial charge in [0.15, 0.2) is 0 Å². The molecule has 1 aromatic carbocycles. The molecule has 2 heteroatoms. The van der Waals surface area contributed by atoms with E-state index in [9.17, 15) is 0 Å². The Hall–Kier alpha value is -1.02. The van der Waals surface area contributed by atoms with Crippen LogP contribution in [0.25, 0.3) is 0 Å². The lowest BCUT2D eigenvalue weighted by Crippen LogP contribution is -2.23. The molecule has 0 bridgehead atoms. The summed E-state index contributed by atoms with van der Waals surface area (Å²) in [6, 6.07) is 6.49. The van der Waals surface area contributed by atoms with Crippen LogP contribution in [0.3, 0.4) is 0 Å². The Bertz CT molecular complexity index is 320. The first-order valence-electron chi connectivity index (χ1n) is 5.26. The summed E-state index contributed by atoms with van der Waals surface area (Å²) in [4.78, 5) is 0. The fourth-order valence-electron chi connectivity index (χ4n) is 1.87. The molecule has 1 unspecified atom stereocenters. The van der Waals surface area contributed by atoms with Gasteiger partial charge < -0.3 is 10.5 Å². The Morgan fingerprint density at radius 2 is 2.14 bits per heavy atom. The molecule has 0 aromatic heterocycles. The van der Waals surface area contributed by atoms with Crippen LogP contribution in [0.15, 0.2) is 18.2 Å². The maximum Gasteiger partial charge on any atom is 0.119 e. The third kappa shape index (κ3) is 2.07. The van der Waals surface area contributed by atoms with E-state index in [2.05, 4.69) is 12.1 Å². The summed E-state index contributed by atoms with van der Waals surface area (Å²) in [5.41, 5.74) is 8.56. The quantitative estimate of drug-likeness (QED) is 0.792. The predicted octanol–water partition coefficient (Wildman–Crippen LogP) is 1.90. The van der Waals surface area contributed by atoms with Gasteiger partial charge in [0, 0.05) is 6.04 Å². The SMILES string of the molecule is CC(N)COc1ccc2c(c1)CCC2. The van der Waals surface area contributed by atoms with E-state index in [1.807, 2.05) is 13.0 Å². The maximum atomic E-state index is 5.63. The number of benzene rings is 1. The third-order valence-corrected chi connectivity index (χ3v) is 2.58. The van der Waals surface area contributed by atoms with Gasteiger partial charge in [-0.2, -0.15) is 0 Å². The molecule has 0 radical (unpaired) electrons. The van der Waals surface area contributed by atoms with Crippen molar-refractivity contribution in [3.63, 3.8) is 0 Å². The number of hydrogen-bond acceptors (Lipinski definition) is 2. The van der Waals surface area contributed by atoms with Crippen LogP contribution < -0.4 is 10.5 Å². The molecule has 14 heavy (non-hydrogen) atoms. The predicted molar refractivity (Wildman–Crippen MR) is 57.6 cm³/mol. The summed E-state index contributed by atoms with van der Waals surface area (Å²) in [6.45, 7) is 2.55. The zero-order valence-corrected chi connectivity index (χ0v) is 8.62. The Kier molecular flexibility index (Phi) is 2.73. The van der Waals surface area contributed by atoms with Crippen molar-refractivity contribution in [2.75, 3.05) is 6.61 Å². The highest BCUT2D eigenvalue weighted by molar-refractivity contribution is 5.38. The van der Waals surface area contributed by atoms with E-state index in [4.69, 9.17) is 10.5 Å². The first-order chi connectivity index (χ1) is 6.75. The molecule has 1 atom stereocenters. The van der Waals surface area contributed by atoms with Gasteiger partial charge in [0.25, 0.3) is 0 Å². The van der Waals surface area contributed by atoms with Crippen molar-refractivity contribution >= 4 is 0 Å². The topological polar surface area (TPSA) is 35.2 Å². The van der Waals surface area contributed by atoms with E-state index in [1.54, 1.807) is 0 Å². The van der Waals surface area contributed by atoms with Crippen LogP contribution in [0, 0.1) is 0 Å². The Balaban J connectivity index is 2.05. The second-order valence-corrected chi connectivity index (χ2v) is 4.07. The van der Waals surface area contributed by atoms with Crippen molar-refractivity contribution in [1.82, 2.24) is 0 Å².